The molecule has 0 aliphatic carbocycles. The maximum Gasteiger partial charge on any atom is 0.271 e. The molecule has 38 heavy (non-hydrogen) atoms. The summed E-state index contributed by atoms with van der Waals surface area (Å²) in [6.07, 6.45) is 3.67. The number of carbonyl (C=O) groups is 1. The molecule has 3 N–H and O–H groups in total. The molecule has 200 valence electrons. The fourth-order valence-corrected chi connectivity index (χ4v) is 4.94. The Bertz CT molecular complexity index is 1410. The molecule has 1 amide bonds. The van der Waals surface area contributed by atoms with Crippen LogP contribution in [-0.4, -0.2) is 33.8 Å². The number of imidazole rings is 1. The van der Waals surface area contributed by atoms with E-state index in [1.165, 1.54) is 0 Å². The highest BCUT2D eigenvalue weighted by molar-refractivity contribution is 7.98. The molecule has 5 nitrogen and oxygen atoms in total. The van der Waals surface area contributed by atoms with Crippen molar-refractivity contribution in [2.45, 2.75) is 38.1 Å². The lowest BCUT2D eigenvalue weighted by Gasteiger charge is -2.18. The van der Waals surface area contributed by atoms with Gasteiger partial charge in [0.05, 0.1) is 26.3 Å². The van der Waals surface area contributed by atoms with Gasteiger partial charge in [-0.3, -0.25) is 9.36 Å². The average Bonchev–Trinajstić information content (AvgIpc) is 3.32. The summed E-state index contributed by atoms with van der Waals surface area (Å²) >= 11 is 21.5. The Hall–Kier alpha value is -2.48. The normalized spacial score (nSPS) is 11.1. The van der Waals surface area contributed by atoms with Crippen LogP contribution in [0.1, 0.15) is 38.2 Å². The van der Waals surface area contributed by atoms with E-state index in [1.54, 1.807) is 40.7 Å². The molecule has 4 rings (SSSR count). The predicted molar refractivity (Wildman–Crippen MR) is 163 cm³/mol. The largest absolute Gasteiger partial charge is 0.349 e. The highest BCUT2D eigenvalue weighted by Gasteiger charge is 2.23. The highest BCUT2D eigenvalue weighted by Crippen LogP contribution is 2.37. The number of nitrogens with zero attached hydrogens (tertiary/aromatic N) is 2. The molecule has 0 atom stereocenters. The van der Waals surface area contributed by atoms with Crippen LogP contribution in [0.4, 0.5) is 0 Å². The molecule has 1 heterocycles. The van der Waals surface area contributed by atoms with Crippen molar-refractivity contribution in [3.05, 3.63) is 87.6 Å². The van der Waals surface area contributed by atoms with Crippen LogP contribution < -0.4 is 11.1 Å². The topological polar surface area (TPSA) is 72.9 Å². The summed E-state index contributed by atoms with van der Waals surface area (Å²) in [5.74, 6) is 0.0418. The van der Waals surface area contributed by atoms with E-state index < -0.39 is 5.54 Å². The Balaban J connectivity index is 0.00000195. The minimum Gasteiger partial charge on any atom is -0.349 e. The van der Waals surface area contributed by atoms with E-state index in [9.17, 15) is 4.79 Å². The third-order valence-electron chi connectivity index (χ3n) is 5.44. The van der Waals surface area contributed by atoms with Gasteiger partial charge in [-0.25, -0.2) is 4.98 Å². The van der Waals surface area contributed by atoms with Gasteiger partial charge in [0.25, 0.3) is 5.91 Å². The second-order valence-corrected chi connectivity index (χ2v) is 11.1. The van der Waals surface area contributed by atoms with Gasteiger partial charge in [0.2, 0.25) is 0 Å². The van der Waals surface area contributed by atoms with E-state index in [-0.39, 0.29) is 18.1 Å². The van der Waals surface area contributed by atoms with E-state index in [0.717, 1.165) is 16.0 Å². The Morgan fingerprint density at radius 1 is 0.974 bits per heavy atom. The lowest BCUT2D eigenvalue weighted by atomic mass is 10.1. The van der Waals surface area contributed by atoms with E-state index in [2.05, 4.69) is 22.4 Å². The van der Waals surface area contributed by atoms with Crippen LogP contribution >= 0.6 is 46.6 Å². The lowest BCUT2D eigenvalue weighted by molar-refractivity contribution is 0.0941. The van der Waals surface area contributed by atoms with Crippen molar-refractivity contribution in [3.8, 4) is 28.2 Å². The van der Waals surface area contributed by atoms with E-state index >= 15 is 0 Å². The molecule has 9 heteroatoms. The molecule has 0 radical (unpaired) electrons. The van der Waals surface area contributed by atoms with E-state index in [1.807, 2.05) is 64.3 Å². The molecule has 3 aromatic carbocycles. The smallest absolute Gasteiger partial charge is 0.271 e. The molecule has 0 aliphatic heterocycles. The summed E-state index contributed by atoms with van der Waals surface area (Å²) in [6, 6.07) is 19.2. The zero-order valence-electron chi connectivity index (χ0n) is 22.0. The van der Waals surface area contributed by atoms with Gasteiger partial charge < -0.3 is 11.1 Å². The fourth-order valence-electron chi connectivity index (χ4n) is 3.64. The SMILES string of the molecule is CC.CSc1cccc(-c2ccc(-n3cc(C(=O)NCC(C)(C)N)nc3-c3c(Cl)cccc3Cl)c(Cl)c2)c1. The van der Waals surface area contributed by atoms with Crippen molar-refractivity contribution in [1.82, 2.24) is 14.9 Å². The number of amides is 1. The summed E-state index contributed by atoms with van der Waals surface area (Å²) < 4.78 is 1.74. The van der Waals surface area contributed by atoms with Crippen molar-refractivity contribution >= 4 is 52.5 Å². The molecule has 0 aliphatic rings. The van der Waals surface area contributed by atoms with Gasteiger partial charge in [-0.15, -0.1) is 11.8 Å². The maximum atomic E-state index is 12.9. The van der Waals surface area contributed by atoms with Gasteiger partial charge >= 0.3 is 0 Å². The van der Waals surface area contributed by atoms with Crippen LogP contribution in [0.2, 0.25) is 15.1 Å². The third-order valence-corrected chi connectivity index (χ3v) is 7.10. The minimum absolute atomic E-state index is 0.193. The number of rotatable bonds is 7. The third kappa shape index (κ3) is 7.13. The number of nitrogens with two attached hydrogens (primary N) is 1. The van der Waals surface area contributed by atoms with Crippen molar-refractivity contribution in [1.29, 1.82) is 0 Å². The predicted octanol–water partition coefficient (Wildman–Crippen LogP) is 8.38. The van der Waals surface area contributed by atoms with Crippen molar-refractivity contribution in [3.63, 3.8) is 0 Å². The van der Waals surface area contributed by atoms with Crippen LogP contribution in [0.3, 0.4) is 0 Å². The number of halogens is 3. The fraction of sp³-hybridized carbons (Fsp3) is 0.241. The summed E-state index contributed by atoms with van der Waals surface area (Å²) in [6.45, 7) is 7.94. The van der Waals surface area contributed by atoms with E-state index in [4.69, 9.17) is 40.5 Å². The molecular formula is C29H31Cl3N4OS. The second-order valence-electron chi connectivity index (χ2n) is 8.99. The first-order valence-corrected chi connectivity index (χ1v) is 14.5. The number of nitrogens with one attached hydrogen (secondary N) is 1. The molecule has 0 bridgehead atoms. The van der Waals surface area contributed by atoms with Gasteiger partial charge in [-0.1, -0.05) is 72.9 Å². The summed E-state index contributed by atoms with van der Waals surface area (Å²) in [5, 5.41) is 4.13. The quantitative estimate of drug-likeness (QED) is 0.212. The van der Waals surface area contributed by atoms with Crippen LogP contribution in [0.5, 0.6) is 0 Å². The first kappa shape index (κ1) is 30.1. The zero-order chi connectivity index (χ0) is 28.0. The summed E-state index contributed by atoms with van der Waals surface area (Å²) in [4.78, 5) is 18.7. The number of aromatic nitrogens is 2. The van der Waals surface area contributed by atoms with Crippen LogP contribution in [0.15, 0.2) is 71.8 Å². The van der Waals surface area contributed by atoms with Crippen molar-refractivity contribution < 1.29 is 4.79 Å². The van der Waals surface area contributed by atoms with Crippen LogP contribution in [0.25, 0.3) is 28.2 Å². The van der Waals surface area contributed by atoms with E-state index in [0.29, 0.717) is 32.1 Å². The molecule has 0 saturated heterocycles. The first-order chi connectivity index (χ1) is 18.1. The van der Waals surface area contributed by atoms with Crippen LogP contribution in [-0.2, 0) is 0 Å². The lowest BCUT2D eigenvalue weighted by Crippen LogP contribution is -2.45. The molecule has 1 aromatic heterocycles. The number of carbonyl (C=O) groups excluding carboxylic acids is 1. The highest BCUT2D eigenvalue weighted by atomic mass is 35.5. The number of thioether (sulfide) groups is 1. The Morgan fingerprint density at radius 3 is 2.21 bits per heavy atom. The van der Waals surface area contributed by atoms with Gasteiger partial charge in [-0.05, 0) is 67.6 Å². The monoisotopic (exact) mass is 588 g/mol. The van der Waals surface area contributed by atoms with Crippen LogP contribution in [0, 0.1) is 0 Å². The molecule has 0 unspecified atom stereocenters. The number of hydrogen-bond donors (Lipinski definition) is 2. The molecule has 0 spiro atoms. The minimum atomic E-state index is -0.570. The first-order valence-electron chi connectivity index (χ1n) is 12.1. The molecule has 0 saturated carbocycles. The molecular weight excluding hydrogens is 559 g/mol. The molecule has 4 aromatic rings. The molecule has 0 fully saturated rings. The Kier molecular flexibility index (Phi) is 10.3. The number of benzene rings is 3. The zero-order valence-corrected chi connectivity index (χ0v) is 25.1. The average molecular weight is 590 g/mol. The van der Waals surface area contributed by atoms with Gasteiger partial charge in [-0.2, -0.15) is 0 Å². The van der Waals surface area contributed by atoms with Gasteiger partial charge in [0, 0.05) is 23.2 Å². The Labute approximate surface area is 243 Å². The standard InChI is InChI=1S/C27H25Cl3N4OS.C2H6/c1-27(2,31)15-32-26(35)22-14-34(25(33-22)24-19(28)8-5-9-20(24)29)23-11-10-17(13-21(23)30)16-6-4-7-18(12-16)36-3;1-2/h4-14H,15,31H2,1-3H3,(H,32,35);1-2H3. The Morgan fingerprint density at radius 2 is 1.61 bits per heavy atom. The summed E-state index contributed by atoms with van der Waals surface area (Å²) in [5.41, 5.74) is 8.82. The maximum absolute atomic E-state index is 12.9. The summed E-state index contributed by atoms with van der Waals surface area (Å²) in [7, 11) is 0. The van der Waals surface area contributed by atoms with Gasteiger partial charge in [0.1, 0.15) is 11.5 Å². The number of hydrogen-bond acceptors (Lipinski definition) is 4. The van der Waals surface area contributed by atoms with Crippen molar-refractivity contribution in [2.24, 2.45) is 5.73 Å². The van der Waals surface area contributed by atoms with Gasteiger partial charge in [0.15, 0.2) is 0 Å². The second kappa shape index (κ2) is 13.0. The van der Waals surface area contributed by atoms with Crippen molar-refractivity contribution in [2.75, 3.05) is 12.8 Å².